The first-order chi connectivity index (χ1) is 8.66. The number of hydrogen-bond acceptors (Lipinski definition) is 1. The highest BCUT2D eigenvalue weighted by atomic mass is 79.9. The Balaban J connectivity index is 2.02. The van der Waals surface area contributed by atoms with Crippen molar-refractivity contribution in [3.8, 4) is 0 Å². The van der Waals surface area contributed by atoms with Crippen molar-refractivity contribution < 1.29 is 9.18 Å². The second kappa shape index (κ2) is 4.21. The number of amides is 1. The monoisotopic (exact) mass is 305 g/mol. The van der Waals surface area contributed by atoms with Gasteiger partial charge < -0.3 is 4.90 Å². The van der Waals surface area contributed by atoms with Crippen molar-refractivity contribution in [1.29, 1.82) is 0 Å². The molecule has 0 bridgehead atoms. The van der Waals surface area contributed by atoms with Gasteiger partial charge >= 0.3 is 0 Å². The Bertz CT molecular complexity index is 624. The number of hydrogen-bond donors (Lipinski definition) is 0. The standard InChI is InChI=1S/C14H9BrFNO/c15-12-3-1-2-9-8-17(14(18)13(9)12)11-6-4-10(16)5-7-11/h1-7H,8H2. The van der Waals surface area contributed by atoms with Gasteiger partial charge in [-0.05, 0) is 51.8 Å². The Labute approximate surface area is 112 Å². The summed E-state index contributed by atoms with van der Waals surface area (Å²) in [6.45, 7) is 0.527. The van der Waals surface area contributed by atoms with E-state index >= 15 is 0 Å². The van der Waals surface area contributed by atoms with Gasteiger partial charge in [-0.1, -0.05) is 12.1 Å². The van der Waals surface area contributed by atoms with Gasteiger partial charge in [0.15, 0.2) is 0 Å². The summed E-state index contributed by atoms with van der Waals surface area (Å²) in [7, 11) is 0. The minimum atomic E-state index is -0.302. The molecule has 0 saturated carbocycles. The summed E-state index contributed by atoms with van der Waals surface area (Å²) in [6, 6.07) is 11.7. The van der Waals surface area contributed by atoms with Crippen molar-refractivity contribution in [1.82, 2.24) is 0 Å². The highest BCUT2D eigenvalue weighted by Gasteiger charge is 2.30. The molecule has 4 heteroatoms. The average molecular weight is 306 g/mol. The van der Waals surface area contributed by atoms with Crippen LogP contribution in [0.15, 0.2) is 46.9 Å². The molecule has 2 nitrogen and oxygen atoms in total. The van der Waals surface area contributed by atoms with Crippen molar-refractivity contribution >= 4 is 27.5 Å². The third-order valence-corrected chi connectivity index (χ3v) is 3.69. The molecule has 1 amide bonds. The summed E-state index contributed by atoms with van der Waals surface area (Å²) in [4.78, 5) is 14.0. The summed E-state index contributed by atoms with van der Waals surface area (Å²) in [5.41, 5.74) is 2.39. The first kappa shape index (κ1) is 11.4. The molecule has 0 atom stereocenters. The van der Waals surface area contributed by atoms with Crippen molar-refractivity contribution in [3.05, 3.63) is 63.9 Å². The van der Waals surface area contributed by atoms with Crippen molar-refractivity contribution in [2.24, 2.45) is 0 Å². The Morgan fingerprint density at radius 2 is 1.83 bits per heavy atom. The van der Waals surface area contributed by atoms with E-state index in [1.165, 1.54) is 12.1 Å². The minimum absolute atomic E-state index is 0.0518. The fourth-order valence-electron chi connectivity index (χ4n) is 2.15. The van der Waals surface area contributed by atoms with E-state index in [-0.39, 0.29) is 11.7 Å². The number of benzene rings is 2. The molecule has 0 spiro atoms. The van der Waals surface area contributed by atoms with Crippen LogP contribution in [-0.2, 0) is 6.54 Å². The molecule has 0 aromatic heterocycles. The normalized spacial score (nSPS) is 13.9. The summed E-state index contributed by atoms with van der Waals surface area (Å²) in [6.07, 6.45) is 0. The third kappa shape index (κ3) is 1.73. The van der Waals surface area contributed by atoms with Crippen LogP contribution >= 0.6 is 15.9 Å². The molecule has 0 unspecified atom stereocenters. The highest BCUT2D eigenvalue weighted by molar-refractivity contribution is 9.10. The van der Waals surface area contributed by atoms with Gasteiger partial charge in [-0.3, -0.25) is 4.79 Å². The van der Waals surface area contributed by atoms with Crippen molar-refractivity contribution in [2.75, 3.05) is 4.90 Å². The molecule has 2 aromatic rings. The van der Waals surface area contributed by atoms with E-state index in [2.05, 4.69) is 15.9 Å². The average Bonchev–Trinajstić information content (AvgIpc) is 2.69. The number of anilines is 1. The molecule has 1 heterocycles. The number of carbonyl (C=O) groups excluding carboxylic acids is 1. The van der Waals surface area contributed by atoms with Gasteiger partial charge in [0.25, 0.3) is 5.91 Å². The first-order valence-corrected chi connectivity index (χ1v) is 6.31. The second-order valence-electron chi connectivity index (χ2n) is 4.14. The van der Waals surface area contributed by atoms with E-state index in [1.807, 2.05) is 18.2 Å². The van der Waals surface area contributed by atoms with Crippen LogP contribution in [0, 0.1) is 5.82 Å². The predicted molar refractivity (Wildman–Crippen MR) is 71.1 cm³/mol. The van der Waals surface area contributed by atoms with Crippen LogP contribution < -0.4 is 4.90 Å². The van der Waals surface area contributed by atoms with Gasteiger partial charge in [-0.25, -0.2) is 4.39 Å². The fourth-order valence-corrected chi connectivity index (χ4v) is 2.72. The van der Waals surface area contributed by atoms with Crippen LogP contribution in [0.2, 0.25) is 0 Å². The maximum Gasteiger partial charge on any atom is 0.260 e. The summed E-state index contributed by atoms with van der Waals surface area (Å²) in [5.74, 6) is -0.354. The van der Waals surface area contributed by atoms with Gasteiger partial charge in [0.1, 0.15) is 5.82 Å². The highest BCUT2D eigenvalue weighted by Crippen LogP contribution is 2.32. The molecule has 0 saturated heterocycles. The van der Waals surface area contributed by atoms with Gasteiger partial charge in [0.2, 0.25) is 0 Å². The zero-order chi connectivity index (χ0) is 12.7. The number of fused-ring (bicyclic) bond motifs is 1. The van der Waals surface area contributed by atoms with Crippen molar-refractivity contribution in [3.63, 3.8) is 0 Å². The summed E-state index contributed by atoms with van der Waals surface area (Å²) in [5, 5.41) is 0. The number of rotatable bonds is 1. The maximum absolute atomic E-state index is 12.9. The molecule has 1 aliphatic rings. The first-order valence-electron chi connectivity index (χ1n) is 5.51. The van der Waals surface area contributed by atoms with Crippen LogP contribution in [0.25, 0.3) is 0 Å². The molecule has 1 aliphatic heterocycles. The second-order valence-corrected chi connectivity index (χ2v) is 5.00. The Hall–Kier alpha value is -1.68. The number of nitrogens with zero attached hydrogens (tertiary/aromatic N) is 1. The van der Waals surface area contributed by atoms with Crippen LogP contribution in [0.3, 0.4) is 0 Å². The van der Waals surface area contributed by atoms with E-state index in [0.717, 1.165) is 10.0 Å². The molecule has 0 fully saturated rings. The lowest BCUT2D eigenvalue weighted by Gasteiger charge is -2.15. The lowest BCUT2D eigenvalue weighted by Crippen LogP contribution is -2.23. The quantitative estimate of drug-likeness (QED) is 0.786. The molecule has 18 heavy (non-hydrogen) atoms. The fraction of sp³-hybridized carbons (Fsp3) is 0.0714. The van der Waals surface area contributed by atoms with Crippen LogP contribution in [0.4, 0.5) is 10.1 Å². The number of halogens is 2. The Morgan fingerprint density at radius 3 is 2.50 bits per heavy atom. The lowest BCUT2D eigenvalue weighted by molar-refractivity contribution is 0.0996. The predicted octanol–water partition coefficient (Wildman–Crippen LogP) is 3.75. The minimum Gasteiger partial charge on any atom is -0.304 e. The molecule has 0 radical (unpaired) electrons. The smallest absolute Gasteiger partial charge is 0.260 e. The van der Waals surface area contributed by atoms with Crippen molar-refractivity contribution in [2.45, 2.75) is 6.54 Å². The summed E-state index contributed by atoms with van der Waals surface area (Å²) < 4.78 is 13.7. The maximum atomic E-state index is 12.9. The summed E-state index contributed by atoms with van der Waals surface area (Å²) >= 11 is 3.39. The van der Waals surface area contributed by atoms with Gasteiger partial charge in [-0.2, -0.15) is 0 Å². The zero-order valence-corrected chi connectivity index (χ0v) is 10.9. The lowest BCUT2D eigenvalue weighted by atomic mass is 10.1. The largest absolute Gasteiger partial charge is 0.304 e. The molecule has 0 N–H and O–H groups in total. The van der Waals surface area contributed by atoms with Gasteiger partial charge in [0.05, 0.1) is 12.1 Å². The molecular formula is C14H9BrFNO. The zero-order valence-electron chi connectivity index (χ0n) is 9.36. The van der Waals surface area contributed by atoms with E-state index in [1.54, 1.807) is 17.0 Å². The van der Waals surface area contributed by atoms with Gasteiger partial charge in [-0.15, -0.1) is 0 Å². The SMILES string of the molecule is O=C1c2c(Br)cccc2CN1c1ccc(F)cc1. The Kier molecular flexibility index (Phi) is 2.67. The molecule has 2 aromatic carbocycles. The van der Waals surface area contributed by atoms with E-state index in [0.29, 0.717) is 17.8 Å². The topological polar surface area (TPSA) is 20.3 Å². The molecule has 90 valence electrons. The number of carbonyl (C=O) groups is 1. The molecular weight excluding hydrogens is 297 g/mol. The van der Waals surface area contributed by atoms with E-state index < -0.39 is 0 Å². The Morgan fingerprint density at radius 1 is 1.11 bits per heavy atom. The van der Waals surface area contributed by atoms with Gasteiger partial charge in [0, 0.05) is 10.2 Å². The van der Waals surface area contributed by atoms with Crippen LogP contribution in [0.5, 0.6) is 0 Å². The van der Waals surface area contributed by atoms with Crippen LogP contribution in [0.1, 0.15) is 15.9 Å². The van der Waals surface area contributed by atoms with E-state index in [9.17, 15) is 9.18 Å². The molecule has 0 aliphatic carbocycles. The molecule has 3 rings (SSSR count). The van der Waals surface area contributed by atoms with E-state index in [4.69, 9.17) is 0 Å². The van der Waals surface area contributed by atoms with Crippen LogP contribution in [-0.4, -0.2) is 5.91 Å². The third-order valence-electron chi connectivity index (χ3n) is 3.03.